The zero-order valence-electron chi connectivity index (χ0n) is 11.5. The van der Waals surface area contributed by atoms with Crippen molar-refractivity contribution in [2.45, 2.75) is 20.1 Å². The molecular weight excluding hydrogens is 382 g/mol. The fourth-order valence-corrected chi connectivity index (χ4v) is 3.77. The molecule has 4 heteroatoms. The van der Waals surface area contributed by atoms with Crippen LogP contribution in [0.1, 0.15) is 16.7 Å². The Morgan fingerprint density at radius 1 is 1.05 bits per heavy atom. The average molecular weight is 399 g/mol. The second kappa shape index (κ2) is 7.25. The van der Waals surface area contributed by atoms with Gasteiger partial charge in [0.15, 0.2) is 0 Å². The van der Waals surface area contributed by atoms with E-state index in [0.29, 0.717) is 6.61 Å². The van der Waals surface area contributed by atoms with Crippen molar-refractivity contribution in [3.8, 4) is 0 Å². The van der Waals surface area contributed by atoms with Gasteiger partial charge in [-0.2, -0.15) is 0 Å². The summed E-state index contributed by atoms with van der Waals surface area (Å²) >= 11 is 7.21. The molecule has 0 spiro atoms. The first-order valence-corrected chi connectivity index (χ1v) is 7.95. The highest BCUT2D eigenvalue weighted by molar-refractivity contribution is 9.11. The number of nitrogens with one attached hydrogen (secondary N) is 1. The fraction of sp³-hybridized carbons (Fsp3) is 0.250. The summed E-state index contributed by atoms with van der Waals surface area (Å²) < 4.78 is 7.36. The highest BCUT2D eigenvalue weighted by Gasteiger charge is 2.07. The summed E-state index contributed by atoms with van der Waals surface area (Å²) in [5.74, 6) is 0. The second-order valence-electron chi connectivity index (χ2n) is 4.66. The van der Waals surface area contributed by atoms with E-state index in [2.05, 4.69) is 74.4 Å². The lowest BCUT2D eigenvalue weighted by Gasteiger charge is -2.14. The minimum absolute atomic E-state index is 0.633. The van der Waals surface area contributed by atoms with E-state index in [0.717, 1.165) is 21.2 Å². The van der Waals surface area contributed by atoms with Crippen LogP contribution < -0.4 is 5.32 Å². The molecule has 106 valence electrons. The fourth-order valence-electron chi connectivity index (χ4n) is 2.08. The van der Waals surface area contributed by atoms with Gasteiger partial charge in [-0.15, -0.1) is 0 Å². The van der Waals surface area contributed by atoms with Crippen molar-refractivity contribution in [3.63, 3.8) is 0 Å². The summed E-state index contributed by atoms with van der Waals surface area (Å²) in [7, 11) is 1.72. The first-order chi connectivity index (χ1) is 9.61. The molecule has 0 fully saturated rings. The van der Waals surface area contributed by atoms with Crippen molar-refractivity contribution < 1.29 is 4.74 Å². The predicted molar refractivity (Wildman–Crippen MR) is 91.1 cm³/mol. The summed E-state index contributed by atoms with van der Waals surface area (Å²) in [4.78, 5) is 0. The molecule has 0 radical (unpaired) electrons. The molecule has 0 saturated heterocycles. The Labute approximate surface area is 136 Å². The van der Waals surface area contributed by atoms with Crippen LogP contribution in [0.25, 0.3) is 0 Å². The number of benzene rings is 2. The Morgan fingerprint density at radius 3 is 2.25 bits per heavy atom. The Bertz CT molecular complexity index is 576. The van der Waals surface area contributed by atoms with Gasteiger partial charge in [0.05, 0.1) is 12.3 Å². The highest BCUT2D eigenvalue weighted by Crippen LogP contribution is 2.32. The van der Waals surface area contributed by atoms with E-state index in [4.69, 9.17) is 4.74 Å². The van der Waals surface area contributed by atoms with Crippen molar-refractivity contribution in [1.29, 1.82) is 0 Å². The van der Waals surface area contributed by atoms with Gasteiger partial charge in [-0.1, -0.05) is 24.3 Å². The molecule has 0 unspecified atom stereocenters. The van der Waals surface area contributed by atoms with Crippen LogP contribution in [0, 0.1) is 6.92 Å². The van der Waals surface area contributed by atoms with Gasteiger partial charge in [-0.05, 0) is 67.6 Å². The molecule has 0 heterocycles. The van der Waals surface area contributed by atoms with Gasteiger partial charge in [0.25, 0.3) is 0 Å². The van der Waals surface area contributed by atoms with Crippen LogP contribution in [-0.2, 0) is 17.9 Å². The van der Waals surface area contributed by atoms with E-state index in [-0.39, 0.29) is 0 Å². The molecule has 0 aliphatic rings. The van der Waals surface area contributed by atoms with E-state index in [9.17, 15) is 0 Å². The number of ether oxygens (including phenoxy) is 1. The van der Waals surface area contributed by atoms with Gasteiger partial charge in [0.2, 0.25) is 0 Å². The van der Waals surface area contributed by atoms with Crippen LogP contribution in [0.4, 0.5) is 5.69 Å². The molecule has 0 saturated carbocycles. The smallest absolute Gasteiger partial charge is 0.0716 e. The number of rotatable bonds is 5. The summed E-state index contributed by atoms with van der Waals surface area (Å²) in [6, 6.07) is 12.5. The predicted octanol–water partition coefficient (Wildman–Crippen LogP) is 5.28. The van der Waals surface area contributed by atoms with Crippen molar-refractivity contribution in [3.05, 3.63) is 62.0 Å². The summed E-state index contributed by atoms with van der Waals surface area (Å²) in [6.45, 7) is 3.47. The molecule has 0 bridgehead atoms. The lowest BCUT2D eigenvalue weighted by atomic mass is 10.1. The molecule has 20 heavy (non-hydrogen) atoms. The molecule has 2 rings (SSSR count). The molecule has 1 N–H and O–H groups in total. The Kier molecular flexibility index (Phi) is 5.64. The summed E-state index contributed by atoms with van der Waals surface area (Å²) in [5, 5.41) is 3.47. The number of methoxy groups -OCH3 is 1. The summed E-state index contributed by atoms with van der Waals surface area (Å²) in [6.07, 6.45) is 0. The van der Waals surface area contributed by atoms with Gasteiger partial charge < -0.3 is 10.1 Å². The number of hydrogen-bond donors (Lipinski definition) is 1. The zero-order valence-corrected chi connectivity index (χ0v) is 14.7. The lowest BCUT2D eigenvalue weighted by Crippen LogP contribution is -2.04. The molecule has 0 amide bonds. The average Bonchev–Trinajstić information content (AvgIpc) is 2.39. The van der Waals surface area contributed by atoms with Gasteiger partial charge in [-0.3, -0.25) is 0 Å². The highest BCUT2D eigenvalue weighted by atomic mass is 79.9. The molecule has 0 atom stereocenters. The van der Waals surface area contributed by atoms with Crippen LogP contribution in [0.3, 0.4) is 0 Å². The van der Waals surface area contributed by atoms with Crippen LogP contribution in [-0.4, -0.2) is 7.11 Å². The molecule has 2 nitrogen and oxygen atoms in total. The SMILES string of the molecule is COCc1ccccc1CNc1c(Br)cc(C)cc1Br. The Hall–Kier alpha value is -0.840. The first-order valence-electron chi connectivity index (χ1n) is 6.37. The van der Waals surface area contributed by atoms with Crippen LogP contribution >= 0.6 is 31.9 Å². The molecule has 0 aliphatic heterocycles. The zero-order chi connectivity index (χ0) is 14.5. The van der Waals surface area contributed by atoms with Crippen molar-refractivity contribution in [2.75, 3.05) is 12.4 Å². The quantitative estimate of drug-likeness (QED) is 0.739. The third-order valence-electron chi connectivity index (χ3n) is 3.06. The third-order valence-corrected chi connectivity index (χ3v) is 4.31. The van der Waals surface area contributed by atoms with Gasteiger partial charge in [0, 0.05) is 22.6 Å². The monoisotopic (exact) mass is 397 g/mol. The lowest BCUT2D eigenvalue weighted by molar-refractivity contribution is 0.184. The van der Waals surface area contributed by atoms with Crippen LogP contribution in [0.5, 0.6) is 0 Å². The third kappa shape index (κ3) is 3.84. The topological polar surface area (TPSA) is 21.3 Å². The van der Waals surface area contributed by atoms with Crippen LogP contribution in [0.15, 0.2) is 45.3 Å². The number of aryl methyl sites for hydroxylation is 1. The van der Waals surface area contributed by atoms with Crippen molar-refractivity contribution in [2.24, 2.45) is 0 Å². The normalized spacial score (nSPS) is 10.6. The second-order valence-corrected chi connectivity index (χ2v) is 6.37. The number of hydrogen-bond acceptors (Lipinski definition) is 2. The standard InChI is InChI=1S/C16H17Br2NO/c1-11-7-14(17)16(15(18)8-11)19-9-12-5-3-4-6-13(12)10-20-2/h3-8,19H,9-10H2,1-2H3. The molecule has 0 aliphatic carbocycles. The van der Waals surface area contributed by atoms with E-state index >= 15 is 0 Å². The van der Waals surface area contributed by atoms with E-state index in [1.807, 2.05) is 6.07 Å². The number of anilines is 1. The number of halogens is 2. The Morgan fingerprint density at radius 2 is 1.65 bits per heavy atom. The summed E-state index contributed by atoms with van der Waals surface area (Å²) in [5.41, 5.74) is 4.74. The van der Waals surface area contributed by atoms with Gasteiger partial charge in [0.1, 0.15) is 0 Å². The molecule has 2 aromatic rings. The van der Waals surface area contributed by atoms with Crippen molar-refractivity contribution in [1.82, 2.24) is 0 Å². The van der Waals surface area contributed by atoms with E-state index in [1.54, 1.807) is 7.11 Å². The maximum atomic E-state index is 5.24. The molecule has 2 aromatic carbocycles. The molecule has 0 aromatic heterocycles. The minimum atomic E-state index is 0.633. The van der Waals surface area contributed by atoms with Crippen LogP contribution in [0.2, 0.25) is 0 Å². The molecular formula is C16H17Br2NO. The minimum Gasteiger partial charge on any atom is -0.380 e. The first kappa shape index (κ1) is 15.5. The van der Waals surface area contributed by atoms with E-state index < -0.39 is 0 Å². The van der Waals surface area contributed by atoms with Gasteiger partial charge in [-0.25, -0.2) is 0 Å². The van der Waals surface area contributed by atoms with Gasteiger partial charge >= 0.3 is 0 Å². The van der Waals surface area contributed by atoms with E-state index in [1.165, 1.54) is 16.7 Å². The van der Waals surface area contributed by atoms with Crippen molar-refractivity contribution >= 4 is 37.5 Å². The Balaban J connectivity index is 2.17. The maximum absolute atomic E-state index is 5.24. The largest absolute Gasteiger partial charge is 0.380 e. The maximum Gasteiger partial charge on any atom is 0.0716 e.